The molecule has 2 aliphatic rings. The van der Waals surface area contributed by atoms with E-state index in [9.17, 15) is 14.7 Å². The number of hydrogen-bond donors (Lipinski definition) is 1. The predicted molar refractivity (Wildman–Crippen MR) is 69.0 cm³/mol. The zero-order chi connectivity index (χ0) is 13.4. The molecule has 0 saturated heterocycles. The fraction of sp³-hybridized carbons (Fsp3) is 0.733. The van der Waals surface area contributed by atoms with Gasteiger partial charge in [-0.05, 0) is 43.1 Å². The first-order valence-electron chi connectivity index (χ1n) is 6.87. The molecule has 0 unspecified atom stereocenters. The summed E-state index contributed by atoms with van der Waals surface area (Å²) in [6.07, 6.45) is 4.89. The van der Waals surface area contributed by atoms with Gasteiger partial charge in [0.1, 0.15) is 0 Å². The van der Waals surface area contributed by atoms with E-state index < -0.39 is 11.9 Å². The van der Waals surface area contributed by atoms with Crippen LogP contribution in [0.5, 0.6) is 0 Å². The average Bonchev–Trinajstić information content (AvgIpc) is 2.33. The lowest BCUT2D eigenvalue weighted by Crippen LogP contribution is -2.44. The lowest BCUT2D eigenvalue weighted by molar-refractivity contribution is -0.146. The molecule has 0 amide bonds. The first-order valence-corrected chi connectivity index (χ1v) is 6.87. The van der Waals surface area contributed by atoms with Gasteiger partial charge in [0.2, 0.25) is 0 Å². The summed E-state index contributed by atoms with van der Waals surface area (Å²) in [6, 6.07) is 0. The van der Waals surface area contributed by atoms with Crippen LogP contribution in [0.15, 0.2) is 11.6 Å². The summed E-state index contributed by atoms with van der Waals surface area (Å²) < 4.78 is 0. The lowest BCUT2D eigenvalue weighted by atomic mass is 9.59. The highest BCUT2D eigenvalue weighted by Gasteiger charge is 2.46. The van der Waals surface area contributed by atoms with Crippen LogP contribution >= 0.6 is 0 Å². The molecule has 5 atom stereocenters. The molecule has 0 radical (unpaired) electrons. The molecule has 0 aromatic heterocycles. The Labute approximate surface area is 108 Å². The van der Waals surface area contributed by atoms with Crippen LogP contribution in [-0.4, -0.2) is 16.9 Å². The van der Waals surface area contributed by atoms with E-state index in [0.29, 0.717) is 11.8 Å². The van der Waals surface area contributed by atoms with Crippen LogP contribution in [0.25, 0.3) is 0 Å². The first kappa shape index (κ1) is 13.3. The van der Waals surface area contributed by atoms with Crippen molar-refractivity contribution in [2.75, 3.05) is 0 Å². The third-order valence-electron chi connectivity index (χ3n) is 5.03. The van der Waals surface area contributed by atoms with Crippen molar-refractivity contribution in [3.8, 4) is 0 Å². The molecule has 1 saturated carbocycles. The highest BCUT2D eigenvalue weighted by molar-refractivity contribution is 5.98. The first-order chi connectivity index (χ1) is 8.43. The van der Waals surface area contributed by atoms with Gasteiger partial charge in [-0.15, -0.1) is 0 Å². The van der Waals surface area contributed by atoms with Gasteiger partial charge in [0.25, 0.3) is 0 Å². The van der Waals surface area contributed by atoms with Crippen LogP contribution in [0.3, 0.4) is 0 Å². The maximum atomic E-state index is 12.4. The van der Waals surface area contributed by atoms with Crippen molar-refractivity contribution < 1.29 is 14.7 Å². The maximum Gasteiger partial charge on any atom is 0.306 e. The van der Waals surface area contributed by atoms with E-state index in [4.69, 9.17) is 0 Å². The molecular weight excluding hydrogens is 228 g/mol. The third-order valence-corrected chi connectivity index (χ3v) is 5.03. The molecule has 0 spiro atoms. The Hall–Kier alpha value is -1.12. The number of carbonyl (C=O) groups is 2. The minimum absolute atomic E-state index is 0.0137. The summed E-state index contributed by atoms with van der Waals surface area (Å²) in [4.78, 5) is 23.6. The van der Waals surface area contributed by atoms with Crippen LogP contribution in [0.1, 0.15) is 40.0 Å². The van der Waals surface area contributed by atoms with Gasteiger partial charge in [0, 0.05) is 5.92 Å². The fourth-order valence-corrected chi connectivity index (χ4v) is 3.71. The van der Waals surface area contributed by atoms with Crippen molar-refractivity contribution in [3.63, 3.8) is 0 Å². The van der Waals surface area contributed by atoms with Crippen LogP contribution in [0.2, 0.25) is 0 Å². The number of carbonyl (C=O) groups excluding carboxylic acids is 1. The van der Waals surface area contributed by atoms with Crippen LogP contribution in [0.4, 0.5) is 0 Å². The summed E-state index contributed by atoms with van der Waals surface area (Å²) in [5.41, 5.74) is 0.827. The smallest absolute Gasteiger partial charge is 0.306 e. The summed E-state index contributed by atoms with van der Waals surface area (Å²) in [5, 5.41) is 9.22. The molecule has 100 valence electrons. The molecule has 0 aliphatic heterocycles. The molecule has 3 nitrogen and oxygen atoms in total. The highest BCUT2D eigenvalue weighted by atomic mass is 16.4. The SMILES string of the molecule is CC1=CC[C@@H]2[C@H](C1=O)[C@H]([C@@H](C)C(=O)O)CC[C@H]2C. The van der Waals surface area contributed by atoms with Gasteiger partial charge in [-0.3, -0.25) is 9.59 Å². The minimum atomic E-state index is -0.770. The van der Waals surface area contributed by atoms with Crippen molar-refractivity contribution in [2.24, 2.45) is 29.6 Å². The molecule has 3 heteroatoms. The molecular formula is C15H22O3. The third kappa shape index (κ3) is 2.11. The molecule has 1 N–H and O–H groups in total. The van der Waals surface area contributed by atoms with Gasteiger partial charge in [0.05, 0.1) is 5.92 Å². The molecule has 0 aromatic carbocycles. The normalized spacial score (nSPS) is 37.7. The standard InChI is InChI=1S/C15H22O3/c1-8-4-7-12(10(3)15(17)18)13-11(8)6-5-9(2)14(13)16/h5,8,10-13H,4,6-7H2,1-3H3,(H,17,18)/t8-,10-,11+,12+,13+/m1/s1. The second kappa shape index (κ2) is 4.87. The highest BCUT2D eigenvalue weighted by Crippen LogP contribution is 2.47. The number of carboxylic acid groups (broad SMARTS) is 1. The zero-order valence-electron chi connectivity index (χ0n) is 11.3. The Bertz CT molecular complexity index is 397. The minimum Gasteiger partial charge on any atom is -0.481 e. The number of hydrogen-bond acceptors (Lipinski definition) is 2. The molecule has 0 aromatic rings. The van der Waals surface area contributed by atoms with Gasteiger partial charge >= 0.3 is 5.97 Å². The summed E-state index contributed by atoms with van der Waals surface area (Å²) in [6.45, 7) is 5.81. The van der Waals surface area contributed by atoms with Crippen molar-refractivity contribution in [2.45, 2.75) is 40.0 Å². The number of Topliss-reactive ketones (excluding diaryl/α,β-unsaturated/α-hetero) is 1. The van der Waals surface area contributed by atoms with Crippen LogP contribution < -0.4 is 0 Å². The van der Waals surface area contributed by atoms with E-state index in [-0.39, 0.29) is 17.6 Å². The Morgan fingerprint density at radius 1 is 1.44 bits per heavy atom. The van der Waals surface area contributed by atoms with Crippen LogP contribution in [0, 0.1) is 29.6 Å². The van der Waals surface area contributed by atoms with Gasteiger partial charge in [-0.1, -0.05) is 26.3 Å². The summed E-state index contributed by atoms with van der Waals surface area (Å²) in [7, 11) is 0. The zero-order valence-corrected chi connectivity index (χ0v) is 11.3. The molecule has 0 heterocycles. The fourth-order valence-electron chi connectivity index (χ4n) is 3.71. The average molecular weight is 250 g/mol. The Morgan fingerprint density at radius 2 is 2.11 bits per heavy atom. The van der Waals surface area contributed by atoms with E-state index in [1.807, 2.05) is 13.0 Å². The van der Waals surface area contributed by atoms with Crippen molar-refractivity contribution in [1.29, 1.82) is 0 Å². The monoisotopic (exact) mass is 250 g/mol. The Balaban J connectivity index is 2.31. The van der Waals surface area contributed by atoms with E-state index in [2.05, 4.69) is 6.92 Å². The number of carboxylic acids is 1. The molecule has 18 heavy (non-hydrogen) atoms. The predicted octanol–water partition coefficient (Wildman–Crippen LogP) is 2.90. The summed E-state index contributed by atoms with van der Waals surface area (Å²) in [5.74, 6) is -0.170. The maximum absolute atomic E-state index is 12.4. The van der Waals surface area contributed by atoms with Gasteiger partial charge in [0.15, 0.2) is 5.78 Å². The van der Waals surface area contributed by atoms with Crippen LogP contribution in [-0.2, 0) is 9.59 Å². The molecule has 0 bridgehead atoms. The topological polar surface area (TPSA) is 54.4 Å². The number of fused-ring (bicyclic) bond motifs is 1. The van der Waals surface area contributed by atoms with Gasteiger partial charge in [-0.25, -0.2) is 0 Å². The number of allylic oxidation sites excluding steroid dienone is 2. The second-order valence-electron chi connectivity index (χ2n) is 6.02. The van der Waals surface area contributed by atoms with Gasteiger partial charge in [-0.2, -0.15) is 0 Å². The van der Waals surface area contributed by atoms with Crippen molar-refractivity contribution in [3.05, 3.63) is 11.6 Å². The Morgan fingerprint density at radius 3 is 2.72 bits per heavy atom. The number of aliphatic carboxylic acids is 1. The van der Waals surface area contributed by atoms with Crippen molar-refractivity contribution >= 4 is 11.8 Å². The second-order valence-corrected chi connectivity index (χ2v) is 6.02. The molecule has 1 fully saturated rings. The van der Waals surface area contributed by atoms with E-state index in [1.54, 1.807) is 6.92 Å². The number of ketones is 1. The number of rotatable bonds is 2. The van der Waals surface area contributed by atoms with E-state index in [0.717, 1.165) is 24.8 Å². The molecule has 2 rings (SSSR count). The van der Waals surface area contributed by atoms with Crippen molar-refractivity contribution in [1.82, 2.24) is 0 Å². The Kier molecular flexibility index (Phi) is 3.60. The van der Waals surface area contributed by atoms with E-state index in [1.165, 1.54) is 0 Å². The van der Waals surface area contributed by atoms with Gasteiger partial charge < -0.3 is 5.11 Å². The largest absolute Gasteiger partial charge is 0.481 e. The summed E-state index contributed by atoms with van der Waals surface area (Å²) >= 11 is 0. The quantitative estimate of drug-likeness (QED) is 0.819. The molecule has 2 aliphatic carbocycles. The lowest BCUT2D eigenvalue weighted by Gasteiger charge is -2.44. The van der Waals surface area contributed by atoms with E-state index >= 15 is 0 Å².